The molecule has 150 valence electrons. The first-order valence-corrected chi connectivity index (χ1v) is 10.6. The number of unbranched alkanes of at least 4 members (excludes halogenated alkanes) is 1. The molecule has 3 fully saturated rings. The van der Waals surface area contributed by atoms with E-state index in [-0.39, 0.29) is 11.9 Å². The van der Waals surface area contributed by atoms with E-state index in [2.05, 4.69) is 0 Å². The van der Waals surface area contributed by atoms with Gasteiger partial charge in [0.15, 0.2) is 12.1 Å². The molecule has 2 saturated heterocycles. The average molecular weight is 369 g/mol. The van der Waals surface area contributed by atoms with Crippen LogP contribution in [0, 0.1) is 5.92 Å². The molecule has 1 aliphatic carbocycles. The third-order valence-corrected chi connectivity index (χ3v) is 6.35. The van der Waals surface area contributed by atoms with E-state index in [4.69, 9.17) is 18.9 Å². The summed E-state index contributed by atoms with van der Waals surface area (Å²) >= 11 is 0. The highest BCUT2D eigenvalue weighted by atomic mass is 16.7. The normalized spacial score (nSPS) is 30.1. The van der Waals surface area contributed by atoms with Gasteiger partial charge in [0.05, 0.1) is 18.8 Å². The van der Waals surface area contributed by atoms with Crippen molar-refractivity contribution in [2.45, 2.75) is 102 Å². The highest BCUT2D eigenvalue weighted by molar-refractivity contribution is 5.78. The second-order valence-corrected chi connectivity index (χ2v) is 8.34. The van der Waals surface area contributed by atoms with Crippen molar-refractivity contribution in [2.75, 3.05) is 19.8 Å². The van der Waals surface area contributed by atoms with Crippen molar-refractivity contribution >= 4 is 5.78 Å². The maximum atomic E-state index is 12.6. The number of carbonyl (C=O) groups excluding carboxylic acids is 1. The lowest BCUT2D eigenvalue weighted by Crippen LogP contribution is -2.39. The monoisotopic (exact) mass is 368 g/mol. The van der Waals surface area contributed by atoms with Crippen LogP contribution in [0.5, 0.6) is 0 Å². The average Bonchev–Trinajstić information content (AvgIpc) is 3.18. The summed E-state index contributed by atoms with van der Waals surface area (Å²) in [7, 11) is 0. The molecule has 0 N–H and O–H groups in total. The van der Waals surface area contributed by atoms with Crippen LogP contribution in [-0.4, -0.2) is 43.3 Å². The van der Waals surface area contributed by atoms with Crippen molar-refractivity contribution in [3.8, 4) is 0 Å². The van der Waals surface area contributed by atoms with E-state index < -0.39 is 5.79 Å². The van der Waals surface area contributed by atoms with Crippen LogP contribution in [0.15, 0.2) is 0 Å². The van der Waals surface area contributed by atoms with E-state index >= 15 is 0 Å². The summed E-state index contributed by atoms with van der Waals surface area (Å²) < 4.78 is 23.3. The maximum Gasteiger partial charge on any atom is 0.165 e. The van der Waals surface area contributed by atoms with Gasteiger partial charge in [-0.1, -0.05) is 19.3 Å². The number of ether oxygens (including phenoxy) is 4. The summed E-state index contributed by atoms with van der Waals surface area (Å²) in [5.74, 6) is 0.268. The maximum absolute atomic E-state index is 12.6. The number of ketones is 1. The Morgan fingerprint density at radius 1 is 1.12 bits per heavy atom. The lowest BCUT2D eigenvalue weighted by Gasteiger charge is -2.37. The van der Waals surface area contributed by atoms with Gasteiger partial charge < -0.3 is 18.9 Å². The van der Waals surface area contributed by atoms with Gasteiger partial charge in [0.1, 0.15) is 5.78 Å². The molecule has 0 amide bonds. The Morgan fingerprint density at radius 2 is 1.85 bits per heavy atom. The second-order valence-electron chi connectivity index (χ2n) is 8.34. The second kappa shape index (κ2) is 9.13. The third-order valence-electron chi connectivity index (χ3n) is 6.35. The molecular weight excluding hydrogens is 332 g/mol. The van der Waals surface area contributed by atoms with Crippen molar-refractivity contribution < 1.29 is 23.7 Å². The smallest absolute Gasteiger partial charge is 0.165 e. The first kappa shape index (κ1) is 20.2. The molecular formula is C21H36O5. The van der Waals surface area contributed by atoms with Gasteiger partial charge in [-0.3, -0.25) is 4.79 Å². The number of hydrogen-bond donors (Lipinski definition) is 0. The topological polar surface area (TPSA) is 54.0 Å². The highest BCUT2D eigenvalue weighted by Gasteiger charge is 2.49. The minimum absolute atomic E-state index is 0.104. The fourth-order valence-electron chi connectivity index (χ4n) is 4.93. The lowest BCUT2D eigenvalue weighted by molar-refractivity contribution is -0.180. The van der Waals surface area contributed by atoms with E-state index in [9.17, 15) is 4.79 Å². The third kappa shape index (κ3) is 5.06. The molecule has 3 aliphatic rings. The number of Topliss-reactive ketones (excluding diaryl/α,β-unsaturated/α-hetero) is 1. The summed E-state index contributed by atoms with van der Waals surface area (Å²) in [6.07, 6.45) is 10.7. The Balaban J connectivity index is 1.44. The zero-order valence-corrected chi connectivity index (χ0v) is 16.6. The predicted octanol–water partition coefficient (Wildman–Crippen LogP) is 4.37. The Bertz CT molecular complexity index is 451. The van der Waals surface area contributed by atoms with Gasteiger partial charge in [-0.15, -0.1) is 0 Å². The number of rotatable bonds is 9. The van der Waals surface area contributed by atoms with Gasteiger partial charge in [-0.05, 0) is 45.4 Å². The summed E-state index contributed by atoms with van der Waals surface area (Å²) in [6, 6.07) is 0. The summed E-state index contributed by atoms with van der Waals surface area (Å²) in [5.41, 5.74) is -0.104. The fraction of sp³-hybridized carbons (Fsp3) is 0.952. The minimum atomic E-state index is -0.431. The molecule has 1 spiro atoms. The van der Waals surface area contributed by atoms with Crippen LogP contribution in [0.2, 0.25) is 0 Å². The Kier molecular flexibility index (Phi) is 7.11. The number of carbonyl (C=O) groups is 1. The fourth-order valence-corrected chi connectivity index (χ4v) is 4.93. The van der Waals surface area contributed by atoms with Crippen LogP contribution >= 0.6 is 0 Å². The molecule has 5 nitrogen and oxygen atoms in total. The first-order chi connectivity index (χ1) is 12.6. The Labute approximate surface area is 158 Å². The zero-order valence-electron chi connectivity index (χ0n) is 16.6. The van der Waals surface area contributed by atoms with Crippen LogP contribution in [0.1, 0.15) is 84.5 Å². The molecule has 0 aromatic carbocycles. The van der Waals surface area contributed by atoms with Gasteiger partial charge >= 0.3 is 0 Å². The standard InChI is InChI=1S/C21H36O5/c1-3-23-19-16-17(21(26-19)11-6-4-7-12-21)15-18(22)9-5-8-10-20(2)24-13-14-25-20/h17,19H,3-16H2,1-2H3. The van der Waals surface area contributed by atoms with Gasteiger partial charge in [0.2, 0.25) is 0 Å². The molecule has 2 aliphatic heterocycles. The highest BCUT2D eigenvalue weighted by Crippen LogP contribution is 2.48. The van der Waals surface area contributed by atoms with E-state index in [0.29, 0.717) is 44.4 Å². The molecule has 2 heterocycles. The number of hydrogen-bond acceptors (Lipinski definition) is 5. The van der Waals surface area contributed by atoms with Crippen LogP contribution in [-0.2, 0) is 23.7 Å². The van der Waals surface area contributed by atoms with Crippen LogP contribution in [0.4, 0.5) is 0 Å². The van der Waals surface area contributed by atoms with Gasteiger partial charge in [0, 0.05) is 32.3 Å². The van der Waals surface area contributed by atoms with E-state index in [1.54, 1.807) is 0 Å². The molecule has 1 saturated carbocycles. The molecule has 3 rings (SSSR count). The zero-order chi connectivity index (χ0) is 18.5. The molecule has 5 heteroatoms. The molecule has 0 bridgehead atoms. The SMILES string of the molecule is CCOC1CC(CC(=O)CCCCC2(C)OCCO2)C2(CCCCC2)O1. The van der Waals surface area contributed by atoms with Gasteiger partial charge in [-0.25, -0.2) is 0 Å². The Hall–Kier alpha value is -0.490. The molecule has 2 unspecified atom stereocenters. The van der Waals surface area contributed by atoms with Crippen molar-refractivity contribution in [1.82, 2.24) is 0 Å². The van der Waals surface area contributed by atoms with Crippen molar-refractivity contribution in [1.29, 1.82) is 0 Å². The van der Waals surface area contributed by atoms with Crippen LogP contribution in [0.25, 0.3) is 0 Å². The minimum Gasteiger partial charge on any atom is -0.353 e. The molecule has 2 atom stereocenters. The summed E-state index contributed by atoms with van der Waals surface area (Å²) in [6.45, 7) is 6.04. The predicted molar refractivity (Wildman–Crippen MR) is 98.8 cm³/mol. The van der Waals surface area contributed by atoms with E-state index in [1.807, 2.05) is 13.8 Å². The van der Waals surface area contributed by atoms with Crippen molar-refractivity contribution in [3.05, 3.63) is 0 Å². The summed E-state index contributed by atoms with van der Waals surface area (Å²) in [5, 5.41) is 0. The lowest BCUT2D eigenvalue weighted by atomic mass is 9.73. The van der Waals surface area contributed by atoms with Gasteiger partial charge in [-0.2, -0.15) is 0 Å². The van der Waals surface area contributed by atoms with Crippen LogP contribution in [0.3, 0.4) is 0 Å². The summed E-state index contributed by atoms with van der Waals surface area (Å²) in [4.78, 5) is 12.6. The van der Waals surface area contributed by atoms with Crippen molar-refractivity contribution in [3.63, 3.8) is 0 Å². The Morgan fingerprint density at radius 3 is 2.54 bits per heavy atom. The van der Waals surface area contributed by atoms with E-state index in [0.717, 1.165) is 38.5 Å². The van der Waals surface area contributed by atoms with Gasteiger partial charge in [0.25, 0.3) is 0 Å². The molecule has 0 aromatic rings. The molecule has 0 radical (unpaired) electrons. The largest absolute Gasteiger partial charge is 0.353 e. The quantitative estimate of drug-likeness (QED) is 0.566. The first-order valence-electron chi connectivity index (χ1n) is 10.6. The van der Waals surface area contributed by atoms with Crippen LogP contribution < -0.4 is 0 Å². The molecule has 0 aromatic heterocycles. The van der Waals surface area contributed by atoms with Crippen molar-refractivity contribution in [2.24, 2.45) is 5.92 Å². The molecule has 26 heavy (non-hydrogen) atoms. The van der Waals surface area contributed by atoms with E-state index in [1.165, 1.54) is 19.3 Å².